The molecule has 0 amide bonds. The molecule has 1 unspecified atom stereocenters. The first-order chi connectivity index (χ1) is 7.62. The van der Waals surface area contributed by atoms with Crippen LogP contribution in [0.2, 0.25) is 0 Å². The fourth-order valence-electron chi connectivity index (χ4n) is 1.71. The van der Waals surface area contributed by atoms with Gasteiger partial charge in [-0.05, 0) is 0 Å². The van der Waals surface area contributed by atoms with E-state index in [4.69, 9.17) is 9.47 Å². The Morgan fingerprint density at radius 3 is 2.62 bits per heavy atom. The highest BCUT2D eigenvalue weighted by Gasteiger charge is 2.42. The number of hydrogen-bond donors (Lipinski definition) is 0. The van der Waals surface area contributed by atoms with E-state index in [1.54, 1.807) is 6.92 Å². The van der Waals surface area contributed by atoms with E-state index in [-0.39, 0.29) is 5.97 Å². The van der Waals surface area contributed by atoms with Crippen molar-refractivity contribution < 1.29 is 14.3 Å². The van der Waals surface area contributed by atoms with Crippen molar-refractivity contribution in [3.63, 3.8) is 0 Å². The molecule has 84 valence electrons. The molecule has 0 fully saturated rings. The minimum absolute atomic E-state index is 0.308. The third kappa shape index (κ3) is 1.91. The van der Waals surface area contributed by atoms with Crippen molar-refractivity contribution in [1.82, 2.24) is 0 Å². The highest BCUT2D eigenvalue weighted by molar-refractivity contribution is 5.76. The number of nitrogens with zero attached hydrogens (tertiary/aromatic N) is 1. The molecule has 4 heteroatoms. The summed E-state index contributed by atoms with van der Waals surface area (Å²) in [7, 11) is 0. The van der Waals surface area contributed by atoms with Gasteiger partial charge in [-0.2, -0.15) is 0 Å². The molecule has 2 rings (SSSR count). The van der Waals surface area contributed by atoms with E-state index >= 15 is 0 Å². The Labute approximate surface area is 93.9 Å². The number of esters is 1. The predicted molar refractivity (Wildman–Crippen MR) is 58.9 cm³/mol. The summed E-state index contributed by atoms with van der Waals surface area (Å²) in [5.74, 6) is -0.921. The molecule has 1 aliphatic heterocycles. The maximum absolute atomic E-state index is 11.1. The summed E-state index contributed by atoms with van der Waals surface area (Å²) >= 11 is 0. The van der Waals surface area contributed by atoms with E-state index in [9.17, 15) is 4.79 Å². The van der Waals surface area contributed by atoms with E-state index in [2.05, 4.69) is 4.99 Å². The Balaban J connectivity index is 2.33. The highest BCUT2D eigenvalue weighted by atomic mass is 16.7. The Morgan fingerprint density at radius 1 is 1.44 bits per heavy atom. The summed E-state index contributed by atoms with van der Waals surface area (Å²) in [6.07, 6.45) is 0. The molecule has 0 saturated heterocycles. The van der Waals surface area contributed by atoms with Gasteiger partial charge in [0.05, 0.1) is 0 Å². The zero-order valence-corrected chi connectivity index (χ0v) is 9.27. The quantitative estimate of drug-likeness (QED) is 0.713. The Morgan fingerprint density at radius 2 is 2.12 bits per heavy atom. The van der Waals surface area contributed by atoms with Crippen LogP contribution in [0.25, 0.3) is 0 Å². The molecule has 1 atom stereocenters. The monoisotopic (exact) mass is 219 g/mol. The lowest BCUT2D eigenvalue weighted by Gasteiger charge is -2.27. The van der Waals surface area contributed by atoms with Crippen LogP contribution in [0.1, 0.15) is 19.4 Å². The van der Waals surface area contributed by atoms with Gasteiger partial charge in [0.15, 0.2) is 5.90 Å². The number of ether oxygens (including phenoxy) is 2. The molecule has 1 aromatic carbocycles. The second-order valence-corrected chi connectivity index (χ2v) is 3.65. The lowest BCUT2D eigenvalue weighted by molar-refractivity contribution is -0.195. The van der Waals surface area contributed by atoms with E-state index in [0.29, 0.717) is 12.4 Å². The molecule has 0 radical (unpaired) electrons. The van der Waals surface area contributed by atoms with Crippen molar-refractivity contribution in [1.29, 1.82) is 0 Å². The van der Waals surface area contributed by atoms with Crippen molar-refractivity contribution >= 4 is 11.9 Å². The van der Waals surface area contributed by atoms with E-state index in [1.165, 1.54) is 6.92 Å². The SMILES string of the molecule is CC(=O)OC1(c2ccccc2)CN=C(C)O1. The molecule has 1 heterocycles. The van der Waals surface area contributed by atoms with Gasteiger partial charge < -0.3 is 9.47 Å². The molecule has 0 spiro atoms. The lowest BCUT2D eigenvalue weighted by atomic mass is 10.1. The molecular weight excluding hydrogens is 206 g/mol. The maximum atomic E-state index is 11.1. The number of hydrogen-bond acceptors (Lipinski definition) is 4. The van der Waals surface area contributed by atoms with Crippen molar-refractivity contribution in [3.05, 3.63) is 35.9 Å². The van der Waals surface area contributed by atoms with Crippen LogP contribution < -0.4 is 0 Å². The fourth-order valence-corrected chi connectivity index (χ4v) is 1.71. The van der Waals surface area contributed by atoms with Crippen LogP contribution in [0.15, 0.2) is 35.3 Å². The van der Waals surface area contributed by atoms with Crippen LogP contribution in [0.5, 0.6) is 0 Å². The van der Waals surface area contributed by atoms with Crippen molar-refractivity contribution in [2.45, 2.75) is 19.6 Å². The van der Waals surface area contributed by atoms with E-state index < -0.39 is 5.79 Å². The fraction of sp³-hybridized carbons (Fsp3) is 0.333. The molecule has 0 aromatic heterocycles. The van der Waals surface area contributed by atoms with Gasteiger partial charge in [-0.3, -0.25) is 4.79 Å². The maximum Gasteiger partial charge on any atom is 0.306 e. The second kappa shape index (κ2) is 3.96. The molecule has 0 saturated carbocycles. The summed E-state index contributed by atoms with van der Waals surface area (Å²) in [5, 5.41) is 0. The molecule has 4 nitrogen and oxygen atoms in total. The Bertz CT molecular complexity index is 427. The number of carbonyl (C=O) groups is 1. The van der Waals surface area contributed by atoms with Crippen molar-refractivity contribution in [2.24, 2.45) is 4.99 Å². The van der Waals surface area contributed by atoms with Crippen LogP contribution in [0, 0.1) is 0 Å². The number of carbonyl (C=O) groups excluding carboxylic acids is 1. The van der Waals surface area contributed by atoms with Crippen LogP contribution >= 0.6 is 0 Å². The van der Waals surface area contributed by atoms with Crippen molar-refractivity contribution in [2.75, 3.05) is 6.54 Å². The molecule has 16 heavy (non-hydrogen) atoms. The summed E-state index contributed by atoms with van der Waals surface area (Å²) in [6.45, 7) is 3.41. The summed E-state index contributed by atoms with van der Waals surface area (Å²) < 4.78 is 10.8. The van der Waals surface area contributed by atoms with Gasteiger partial charge in [-0.15, -0.1) is 0 Å². The predicted octanol–water partition coefficient (Wildman–Crippen LogP) is 1.85. The molecule has 0 aliphatic carbocycles. The molecule has 1 aliphatic rings. The van der Waals surface area contributed by atoms with Crippen LogP contribution in [-0.4, -0.2) is 18.4 Å². The first-order valence-corrected chi connectivity index (χ1v) is 5.07. The largest absolute Gasteiger partial charge is 0.434 e. The first kappa shape index (κ1) is 10.7. The topological polar surface area (TPSA) is 47.9 Å². The van der Waals surface area contributed by atoms with Gasteiger partial charge in [0.25, 0.3) is 0 Å². The number of rotatable bonds is 2. The van der Waals surface area contributed by atoms with Crippen molar-refractivity contribution in [3.8, 4) is 0 Å². The molecule has 0 bridgehead atoms. The summed E-state index contributed by atoms with van der Waals surface area (Å²) in [6, 6.07) is 9.36. The third-order valence-electron chi connectivity index (χ3n) is 2.34. The van der Waals surface area contributed by atoms with Gasteiger partial charge in [-0.25, -0.2) is 4.99 Å². The van der Waals surface area contributed by atoms with Gasteiger partial charge >= 0.3 is 11.8 Å². The van der Waals surface area contributed by atoms with Crippen LogP contribution in [0.4, 0.5) is 0 Å². The van der Waals surface area contributed by atoms with E-state index in [1.807, 2.05) is 30.3 Å². The smallest absolute Gasteiger partial charge is 0.306 e. The number of aliphatic imine (C=N–C) groups is 1. The second-order valence-electron chi connectivity index (χ2n) is 3.65. The third-order valence-corrected chi connectivity index (χ3v) is 2.34. The zero-order chi connectivity index (χ0) is 11.6. The zero-order valence-electron chi connectivity index (χ0n) is 9.27. The number of benzene rings is 1. The van der Waals surface area contributed by atoms with Crippen LogP contribution in [-0.2, 0) is 20.1 Å². The molecule has 1 aromatic rings. The van der Waals surface area contributed by atoms with Gasteiger partial charge in [0.2, 0.25) is 0 Å². The molecule has 0 N–H and O–H groups in total. The van der Waals surface area contributed by atoms with Gasteiger partial charge in [-0.1, -0.05) is 30.3 Å². The lowest BCUT2D eigenvalue weighted by Crippen LogP contribution is -2.35. The summed E-state index contributed by atoms with van der Waals surface area (Å²) in [5.41, 5.74) is 0.797. The average molecular weight is 219 g/mol. The standard InChI is InChI=1S/C12H13NO3/c1-9-13-8-12(15-9,16-10(2)14)11-6-4-3-5-7-11/h3-7H,8H2,1-2H3. The van der Waals surface area contributed by atoms with Gasteiger partial charge in [0.1, 0.15) is 6.54 Å². The van der Waals surface area contributed by atoms with Crippen LogP contribution in [0.3, 0.4) is 0 Å². The minimum atomic E-state index is -1.07. The minimum Gasteiger partial charge on any atom is -0.434 e. The first-order valence-electron chi connectivity index (χ1n) is 5.07. The highest BCUT2D eigenvalue weighted by Crippen LogP contribution is 2.32. The Hall–Kier alpha value is -1.84. The summed E-state index contributed by atoms with van der Waals surface area (Å²) in [4.78, 5) is 15.3. The Kier molecular flexibility index (Phi) is 2.64. The average Bonchev–Trinajstić information content (AvgIpc) is 2.62. The molecular formula is C12H13NO3. The van der Waals surface area contributed by atoms with Gasteiger partial charge in [0, 0.05) is 19.4 Å². The normalized spacial score (nSPS) is 23.5. The van der Waals surface area contributed by atoms with E-state index in [0.717, 1.165) is 5.56 Å².